The fraction of sp³-hybridized carbons (Fsp3) is 0.556. The number of amides is 6. The van der Waals surface area contributed by atoms with Gasteiger partial charge in [0.2, 0.25) is 11.8 Å². The molecule has 0 aromatic carbocycles. The lowest BCUT2D eigenvalue weighted by Crippen LogP contribution is -2.45. The molecule has 0 radical (unpaired) electrons. The number of nitrogens with two attached hydrogens (primary N) is 1. The predicted octanol–water partition coefficient (Wildman–Crippen LogP) is -1.39. The van der Waals surface area contributed by atoms with Crippen molar-refractivity contribution < 1.29 is 33.9 Å². The first-order valence-electron chi connectivity index (χ1n) is 9.56. The van der Waals surface area contributed by atoms with Gasteiger partial charge in [0, 0.05) is 31.7 Å². The number of primary amides is 1. The van der Waals surface area contributed by atoms with Gasteiger partial charge < -0.3 is 26.8 Å². The maximum Gasteiger partial charge on any atom is 0.326 e. The highest BCUT2D eigenvalue weighted by Crippen LogP contribution is 2.07. The number of carboxylic acids is 1. The lowest BCUT2D eigenvalue weighted by molar-refractivity contribution is -0.142. The maximum absolute atomic E-state index is 11.8. The summed E-state index contributed by atoms with van der Waals surface area (Å²) in [5.41, 5.74) is 4.90. The van der Waals surface area contributed by atoms with E-state index < -0.39 is 23.9 Å². The third kappa shape index (κ3) is 9.66. The minimum Gasteiger partial charge on any atom is -0.480 e. The van der Waals surface area contributed by atoms with Crippen LogP contribution in [0.25, 0.3) is 0 Å². The smallest absolute Gasteiger partial charge is 0.326 e. The fourth-order valence-corrected chi connectivity index (χ4v) is 2.67. The number of carbonyl (C=O) groups excluding carboxylic acids is 5. The largest absolute Gasteiger partial charge is 0.480 e. The molecule has 0 bridgehead atoms. The summed E-state index contributed by atoms with van der Waals surface area (Å²) in [6.45, 7) is 0.118. The van der Waals surface area contributed by atoms with E-state index in [1.807, 2.05) is 0 Å². The van der Waals surface area contributed by atoms with Gasteiger partial charge in [-0.05, 0) is 25.7 Å². The minimum atomic E-state index is -1.22. The summed E-state index contributed by atoms with van der Waals surface area (Å²) in [5, 5.41) is 16.2. The molecule has 0 saturated heterocycles. The Hall–Kier alpha value is -3.44. The van der Waals surface area contributed by atoms with Crippen molar-refractivity contribution in [2.45, 2.75) is 44.6 Å². The molecule has 1 aliphatic rings. The monoisotopic (exact) mass is 425 g/mol. The molecule has 12 nitrogen and oxygen atoms in total. The third-order valence-electron chi connectivity index (χ3n) is 4.23. The second kappa shape index (κ2) is 12.9. The molecule has 30 heavy (non-hydrogen) atoms. The van der Waals surface area contributed by atoms with E-state index in [2.05, 4.69) is 16.0 Å². The topological polar surface area (TPSA) is 188 Å². The van der Waals surface area contributed by atoms with Crippen LogP contribution in [0, 0.1) is 0 Å². The van der Waals surface area contributed by atoms with Crippen LogP contribution in [-0.4, -0.2) is 71.3 Å². The Morgan fingerprint density at radius 3 is 2.23 bits per heavy atom. The SMILES string of the molecule is NC(=O)NCCCC(NC(=O)CNC(=O)CCCCCN1C(=O)C=CC1=O)C(=O)O. The van der Waals surface area contributed by atoms with Gasteiger partial charge in [-0.3, -0.25) is 24.1 Å². The highest BCUT2D eigenvalue weighted by molar-refractivity contribution is 6.12. The van der Waals surface area contributed by atoms with Crippen LogP contribution in [0.5, 0.6) is 0 Å². The zero-order valence-electron chi connectivity index (χ0n) is 16.5. The molecule has 0 fully saturated rings. The van der Waals surface area contributed by atoms with Crippen molar-refractivity contribution in [3.05, 3.63) is 12.2 Å². The van der Waals surface area contributed by atoms with Crippen LogP contribution in [0.1, 0.15) is 38.5 Å². The molecule has 0 spiro atoms. The summed E-state index contributed by atoms with van der Waals surface area (Å²) < 4.78 is 0. The van der Waals surface area contributed by atoms with Crippen LogP contribution in [0.4, 0.5) is 4.79 Å². The zero-order chi connectivity index (χ0) is 22.5. The molecule has 0 aromatic heterocycles. The molecular weight excluding hydrogens is 398 g/mol. The van der Waals surface area contributed by atoms with E-state index in [9.17, 15) is 28.8 Å². The van der Waals surface area contributed by atoms with Gasteiger partial charge >= 0.3 is 12.0 Å². The van der Waals surface area contributed by atoms with Gasteiger partial charge in [-0.25, -0.2) is 9.59 Å². The van der Waals surface area contributed by atoms with Gasteiger partial charge in [0.15, 0.2) is 0 Å². The molecule has 0 aliphatic carbocycles. The first-order chi connectivity index (χ1) is 14.2. The Morgan fingerprint density at radius 2 is 1.63 bits per heavy atom. The summed E-state index contributed by atoms with van der Waals surface area (Å²) in [7, 11) is 0. The molecule has 166 valence electrons. The normalized spacial score (nSPS) is 13.8. The van der Waals surface area contributed by atoms with E-state index in [0.717, 1.165) is 4.90 Å². The van der Waals surface area contributed by atoms with E-state index in [4.69, 9.17) is 10.8 Å². The number of nitrogens with one attached hydrogen (secondary N) is 3. The van der Waals surface area contributed by atoms with Crippen molar-refractivity contribution in [3.8, 4) is 0 Å². The van der Waals surface area contributed by atoms with Gasteiger partial charge in [-0.15, -0.1) is 0 Å². The molecule has 6 N–H and O–H groups in total. The van der Waals surface area contributed by atoms with Gasteiger partial charge in [0.25, 0.3) is 11.8 Å². The highest BCUT2D eigenvalue weighted by Gasteiger charge is 2.22. The Labute approximate surface area is 173 Å². The lowest BCUT2D eigenvalue weighted by Gasteiger charge is -2.15. The van der Waals surface area contributed by atoms with Crippen LogP contribution in [0.15, 0.2) is 12.2 Å². The van der Waals surface area contributed by atoms with Crippen molar-refractivity contribution in [1.29, 1.82) is 0 Å². The summed E-state index contributed by atoms with van der Waals surface area (Å²) in [6, 6.07) is -1.86. The summed E-state index contributed by atoms with van der Waals surface area (Å²) in [6.07, 6.45) is 4.69. The van der Waals surface area contributed by atoms with E-state index in [1.165, 1.54) is 12.2 Å². The second-order valence-corrected chi connectivity index (χ2v) is 6.64. The average molecular weight is 425 g/mol. The van der Waals surface area contributed by atoms with Crippen LogP contribution in [-0.2, 0) is 24.0 Å². The van der Waals surface area contributed by atoms with E-state index in [1.54, 1.807) is 0 Å². The first kappa shape index (κ1) is 24.6. The number of carbonyl (C=O) groups is 6. The predicted molar refractivity (Wildman–Crippen MR) is 104 cm³/mol. The number of aliphatic carboxylic acids is 1. The van der Waals surface area contributed by atoms with Crippen LogP contribution < -0.4 is 21.7 Å². The molecule has 1 unspecified atom stereocenters. The fourth-order valence-electron chi connectivity index (χ4n) is 2.67. The van der Waals surface area contributed by atoms with Crippen LogP contribution in [0.3, 0.4) is 0 Å². The minimum absolute atomic E-state index is 0.0901. The zero-order valence-corrected chi connectivity index (χ0v) is 16.5. The van der Waals surface area contributed by atoms with Gasteiger partial charge in [-0.1, -0.05) is 6.42 Å². The molecule has 1 aliphatic heterocycles. The summed E-state index contributed by atoms with van der Waals surface area (Å²) in [4.78, 5) is 69.2. The second-order valence-electron chi connectivity index (χ2n) is 6.64. The lowest BCUT2D eigenvalue weighted by atomic mass is 10.1. The highest BCUT2D eigenvalue weighted by atomic mass is 16.4. The maximum atomic E-state index is 11.8. The standard InChI is InChI=1S/C18H27N5O7/c19-18(30)20-9-4-5-12(17(28)29)22-14(25)11-21-13(24)6-2-1-3-10-23-15(26)7-8-16(23)27/h7-8,12H,1-6,9-11H2,(H,21,24)(H,22,25)(H,28,29)(H3,19,20,30). The van der Waals surface area contributed by atoms with Crippen molar-refractivity contribution >= 4 is 35.6 Å². The molecule has 1 rings (SSSR count). The van der Waals surface area contributed by atoms with E-state index >= 15 is 0 Å². The molecule has 6 amide bonds. The number of hydrogen-bond donors (Lipinski definition) is 5. The Balaban J connectivity index is 2.16. The Kier molecular flexibility index (Phi) is 10.6. The quantitative estimate of drug-likeness (QED) is 0.167. The third-order valence-corrected chi connectivity index (χ3v) is 4.23. The number of nitrogens with zero attached hydrogens (tertiary/aromatic N) is 1. The molecule has 1 atom stereocenters. The Bertz CT molecular complexity index is 689. The summed E-state index contributed by atoms with van der Waals surface area (Å²) in [5.74, 6) is -2.91. The van der Waals surface area contributed by atoms with Crippen molar-refractivity contribution in [2.75, 3.05) is 19.6 Å². The molecule has 12 heteroatoms. The number of rotatable bonds is 14. The van der Waals surface area contributed by atoms with Gasteiger partial charge in [-0.2, -0.15) is 0 Å². The van der Waals surface area contributed by atoms with Crippen molar-refractivity contribution in [3.63, 3.8) is 0 Å². The number of hydrogen-bond acceptors (Lipinski definition) is 6. The summed E-state index contributed by atoms with van der Waals surface area (Å²) >= 11 is 0. The van der Waals surface area contributed by atoms with Crippen molar-refractivity contribution in [1.82, 2.24) is 20.9 Å². The first-order valence-corrected chi connectivity index (χ1v) is 9.56. The van der Waals surface area contributed by atoms with Gasteiger partial charge in [0.05, 0.1) is 6.54 Å². The van der Waals surface area contributed by atoms with E-state index in [0.29, 0.717) is 32.2 Å². The Morgan fingerprint density at radius 1 is 0.967 bits per heavy atom. The van der Waals surface area contributed by atoms with E-state index in [-0.39, 0.29) is 43.7 Å². The molecule has 0 aromatic rings. The van der Waals surface area contributed by atoms with Crippen LogP contribution >= 0.6 is 0 Å². The number of carboxylic acid groups (broad SMARTS) is 1. The number of urea groups is 1. The molecule has 1 heterocycles. The molecule has 0 saturated carbocycles. The van der Waals surface area contributed by atoms with Crippen molar-refractivity contribution in [2.24, 2.45) is 5.73 Å². The van der Waals surface area contributed by atoms with Gasteiger partial charge in [0.1, 0.15) is 6.04 Å². The average Bonchev–Trinajstić information content (AvgIpc) is 2.99. The van der Waals surface area contributed by atoms with Crippen LogP contribution in [0.2, 0.25) is 0 Å². The number of unbranched alkanes of at least 4 members (excludes halogenated alkanes) is 2. The number of imide groups is 1. The molecular formula is C18H27N5O7.